The van der Waals surface area contributed by atoms with Gasteiger partial charge >= 0.3 is 5.97 Å². The van der Waals surface area contributed by atoms with Crippen LogP contribution in [0.25, 0.3) is 0 Å². The highest BCUT2D eigenvalue weighted by Crippen LogP contribution is 2.42. The molecule has 0 unspecified atom stereocenters. The fraction of sp³-hybridized carbons (Fsp3) is 0.353. The lowest BCUT2D eigenvalue weighted by Gasteiger charge is -2.40. The summed E-state index contributed by atoms with van der Waals surface area (Å²) in [5, 5.41) is 9.89. The molecule has 1 aliphatic heterocycles. The van der Waals surface area contributed by atoms with Crippen molar-refractivity contribution in [1.29, 1.82) is 0 Å². The maximum atomic E-state index is 13.0. The van der Waals surface area contributed by atoms with E-state index in [1.165, 1.54) is 0 Å². The minimum Gasteiger partial charge on any atom is -0.481 e. The number of nitrogens with zero attached hydrogens (tertiary/aromatic N) is 3. The Balaban J connectivity index is 2.18. The average molecular weight is 345 g/mol. The van der Waals surface area contributed by atoms with Gasteiger partial charge in [-0.3, -0.25) is 9.59 Å². The molecule has 0 bridgehead atoms. The van der Waals surface area contributed by atoms with Crippen LogP contribution in [0.2, 0.25) is 0 Å². The van der Waals surface area contributed by atoms with Crippen LogP contribution in [0.4, 0.5) is 0 Å². The molecule has 1 amide bonds. The molecular weight excluding hydrogens is 326 g/mol. The molecule has 1 N–H and O–H groups in total. The highest BCUT2D eigenvalue weighted by molar-refractivity contribution is 7.98. The molecule has 0 fully saturated rings. The molecule has 7 heteroatoms. The Morgan fingerprint density at radius 1 is 1.38 bits per heavy atom. The average Bonchev–Trinajstić information content (AvgIpc) is 2.99. The molecule has 2 heterocycles. The van der Waals surface area contributed by atoms with Crippen molar-refractivity contribution in [3.8, 4) is 0 Å². The third-order valence-corrected chi connectivity index (χ3v) is 4.95. The summed E-state index contributed by atoms with van der Waals surface area (Å²) in [6.45, 7) is 0.482. The van der Waals surface area contributed by atoms with Gasteiger partial charge in [0.2, 0.25) is 0 Å². The number of aromatic nitrogens is 2. The van der Waals surface area contributed by atoms with Gasteiger partial charge in [0.1, 0.15) is 17.8 Å². The van der Waals surface area contributed by atoms with Crippen LogP contribution in [0.15, 0.2) is 36.7 Å². The van der Waals surface area contributed by atoms with Crippen LogP contribution in [-0.4, -0.2) is 50.0 Å². The predicted octanol–water partition coefficient (Wildman–Crippen LogP) is 2.15. The lowest BCUT2D eigenvalue weighted by atomic mass is 9.82. The number of aryl methyl sites for hydroxylation is 1. The summed E-state index contributed by atoms with van der Waals surface area (Å²) in [5.41, 5.74) is 1.03. The zero-order chi connectivity index (χ0) is 17.3. The Bertz CT molecular complexity index is 774. The molecule has 0 aliphatic carbocycles. The number of carboxylic acid groups (broad SMARTS) is 1. The van der Waals surface area contributed by atoms with Gasteiger partial charge in [0.15, 0.2) is 0 Å². The van der Waals surface area contributed by atoms with Crippen LogP contribution in [0, 0.1) is 0 Å². The number of fused-ring (bicyclic) bond motifs is 1. The SMILES string of the molecule is CSCCN1C(=O)c2ccccc2[C@@H](C(=O)O)[C@H]1c1nccn1C. The topological polar surface area (TPSA) is 75.4 Å². The lowest BCUT2D eigenvalue weighted by molar-refractivity contribution is -0.140. The molecule has 0 spiro atoms. The largest absolute Gasteiger partial charge is 0.481 e. The van der Waals surface area contributed by atoms with Crippen molar-refractivity contribution < 1.29 is 14.7 Å². The number of thioether (sulfide) groups is 1. The molecular formula is C17H19N3O3S. The molecule has 6 nitrogen and oxygen atoms in total. The minimum atomic E-state index is -0.947. The summed E-state index contributed by atoms with van der Waals surface area (Å²) in [5.74, 6) is -0.586. The van der Waals surface area contributed by atoms with Crippen LogP contribution in [0.5, 0.6) is 0 Å². The smallest absolute Gasteiger partial charge is 0.313 e. The first-order valence-electron chi connectivity index (χ1n) is 7.65. The maximum Gasteiger partial charge on any atom is 0.313 e. The van der Waals surface area contributed by atoms with Gasteiger partial charge in [-0.25, -0.2) is 4.98 Å². The molecule has 24 heavy (non-hydrogen) atoms. The van der Waals surface area contributed by atoms with Crippen molar-refractivity contribution in [1.82, 2.24) is 14.5 Å². The number of aliphatic carboxylic acids is 1. The van der Waals surface area contributed by atoms with Crippen LogP contribution < -0.4 is 0 Å². The van der Waals surface area contributed by atoms with E-state index in [1.54, 1.807) is 57.9 Å². The zero-order valence-electron chi connectivity index (χ0n) is 13.5. The molecule has 0 radical (unpaired) electrons. The molecule has 126 valence electrons. The number of hydrogen-bond acceptors (Lipinski definition) is 4. The predicted molar refractivity (Wildman–Crippen MR) is 92.2 cm³/mol. The van der Waals surface area contributed by atoms with Gasteiger partial charge in [-0.05, 0) is 17.9 Å². The van der Waals surface area contributed by atoms with Gasteiger partial charge in [-0.15, -0.1) is 0 Å². The fourth-order valence-electron chi connectivity index (χ4n) is 3.24. The summed E-state index contributed by atoms with van der Waals surface area (Å²) in [6.07, 6.45) is 5.37. The molecule has 3 rings (SSSR count). The van der Waals surface area contributed by atoms with Crippen molar-refractivity contribution in [3.05, 3.63) is 53.6 Å². The molecule has 2 aromatic rings. The van der Waals surface area contributed by atoms with Crippen LogP contribution in [0.3, 0.4) is 0 Å². The van der Waals surface area contributed by atoms with Crippen molar-refractivity contribution in [2.75, 3.05) is 18.6 Å². The van der Waals surface area contributed by atoms with Crippen LogP contribution in [-0.2, 0) is 11.8 Å². The quantitative estimate of drug-likeness (QED) is 0.899. The summed E-state index contributed by atoms with van der Waals surface area (Å²) in [6, 6.07) is 6.36. The van der Waals surface area contributed by atoms with Gasteiger partial charge in [0.25, 0.3) is 5.91 Å². The summed E-state index contributed by atoms with van der Waals surface area (Å²) in [7, 11) is 1.82. The monoisotopic (exact) mass is 345 g/mol. The normalized spacial score (nSPS) is 20.1. The van der Waals surface area contributed by atoms with Gasteiger partial charge in [0, 0.05) is 37.3 Å². The number of imidazole rings is 1. The third kappa shape index (κ3) is 2.69. The van der Waals surface area contributed by atoms with Gasteiger partial charge in [-0.1, -0.05) is 18.2 Å². The third-order valence-electron chi connectivity index (χ3n) is 4.36. The van der Waals surface area contributed by atoms with E-state index in [0.717, 1.165) is 5.75 Å². The second-order valence-corrected chi connectivity index (χ2v) is 6.72. The Hall–Kier alpha value is -2.28. The maximum absolute atomic E-state index is 13.0. The second-order valence-electron chi connectivity index (χ2n) is 5.74. The van der Waals surface area contributed by atoms with Crippen molar-refractivity contribution in [2.45, 2.75) is 12.0 Å². The van der Waals surface area contributed by atoms with E-state index in [4.69, 9.17) is 0 Å². The number of rotatable bonds is 5. The van der Waals surface area contributed by atoms with E-state index < -0.39 is 17.9 Å². The molecule has 2 atom stereocenters. The van der Waals surface area contributed by atoms with Crippen LogP contribution >= 0.6 is 11.8 Å². The Kier molecular flexibility index (Phi) is 4.62. The standard InChI is InChI=1S/C17H19N3O3S/c1-19-8-7-18-15(19)14-13(17(22)23)11-5-3-4-6-12(11)16(21)20(14)9-10-24-2/h3-8,13-14H,9-10H2,1-2H3,(H,22,23)/t13-,14+/m1/s1. The van der Waals surface area contributed by atoms with E-state index in [1.807, 2.05) is 13.3 Å². The number of carbonyl (C=O) groups is 2. The summed E-state index contributed by atoms with van der Waals surface area (Å²) >= 11 is 1.62. The van der Waals surface area contributed by atoms with Crippen LogP contribution in [0.1, 0.15) is 33.7 Å². The van der Waals surface area contributed by atoms with Gasteiger partial charge in [0.05, 0.1) is 0 Å². The van der Waals surface area contributed by atoms with E-state index in [9.17, 15) is 14.7 Å². The number of hydrogen-bond donors (Lipinski definition) is 1. The minimum absolute atomic E-state index is 0.134. The number of carboxylic acids is 1. The summed E-state index contributed by atoms with van der Waals surface area (Å²) < 4.78 is 1.79. The summed E-state index contributed by atoms with van der Waals surface area (Å²) in [4.78, 5) is 31.1. The van der Waals surface area contributed by atoms with E-state index in [0.29, 0.717) is 23.5 Å². The lowest BCUT2D eigenvalue weighted by Crippen LogP contribution is -2.46. The number of carbonyl (C=O) groups excluding carboxylic acids is 1. The number of amides is 1. The van der Waals surface area contributed by atoms with Crippen molar-refractivity contribution >= 4 is 23.6 Å². The Morgan fingerprint density at radius 3 is 2.75 bits per heavy atom. The second kappa shape index (κ2) is 6.68. The van der Waals surface area contributed by atoms with E-state index >= 15 is 0 Å². The molecule has 1 aliphatic rings. The molecule has 1 aromatic heterocycles. The molecule has 1 aromatic carbocycles. The first-order valence-corrected chi connectivity index (χ1v) is 9.04. The zero-order valence-corrected chi connectivity index (χ0v) is 14.4. The highest BCUT2D eigenvalue weighted by atomic mass is 32.2. The van der Waals surface area contributed by atoms with Crippen molar-refractivity contribution in [2.24, 2.45) is 7.05 Å². The Morgan fingerprint density at radius 2 is 2.12 bits per heavy atom. The molecule has 0 saturated carbocycles. The fourth-order valence-corrected chi connectivity index (χ4v) is 3.62. The first-order chi connectivity index (χ1) is 11.6. The highest BCUT2D eigenvalue weighted by Gasteiger charge is 2.45. The van der Waals surface area contributed by atoms with E-state index in [2.05, 4.69) is 4.98 Å². The first kappa shape index (κ1) is 16.6. The van der Waals surface area contributed by atoms with E-state index in [-0.39, 0.29) is 5.91 Å². The Labute approximate surface area is 144 Å². The number of benzene rings is 1. The van der Waals surface area contributed by atoms with Gasteiger partial charge in [-0.2, -0.15) is 11.8 Å². The molecule has 0 saturated heterocycles. The van der Waals surface area contributed by atoms with Gasteiger partial charge < -0.3 is 14.6 Å². The van der Waals surface area contributed by atoms with Crippen molar-refractivity contribution in [3.63, 3.8) is 0 Å².